The maximum absolute atomic E-state index is 13.0. The zero-order valence-corrected chi connectivity index (χ0v) is 15.8. The Morgan fingerprint density at radius 1 is 1.07 bits per heavy atom. The topological polar surface area (TPSA) is 52.2 Å². The summed E-state index contributed by atoms with van der Waals surface area (Å²) in [6.45, 7) is 6.57. The van der Waals surface area contributed by atoms with E-state index in [-0.39, 0.29) is 5.91 Å². The van der Waals surface area contributed by atoms with Crippen molar-refractivity contribution in [1.82, 2.24) is 19.8 Å². The highest BCUT2D eigenvalue weighted by Crippen LogP contribution is 2.20. The average Bonchev–Trinajstić information content (AvgIpc) is 2.97. The summed E-state index contributed by atoms with van der Waals surface area (Å²) in [4.78, 5) is 25.3. The van der Waals surface area contributed by atoms with E-state index in [1.165, 1.54) is 0 Å². The maximum atomic E-state index is 13.0. The molecule has 0 atom stereocenters. The molecule has 27 heavy (non-hydrogen) atoms. The monoisotopic (exact) mass is 362 g/mol. The molecule has 0 radical (unpaired) electrons. The van der Waals surface area contributed by atoms with E-state index in [9.17, 15) is 4.79 Å². The van der Waals surface area contributed by atoms with Crippen LogP contribution in [0.2, 0.25) is 0 Å². The third-order valence-corrected chi connectivity index (χ3v) is 5.33. The zero-order valence-electron chi connectivity index (χ0n) is 15.8. The van der Waals surface area contributed by atoms with E-state index in [0.29, 0.717) is 0 Å². The van der Waals surface area contributed by atoms with Crippen LogP contribution in [0.5, 0.6) is 0 Å². The molecule has 5 nitrogen and oxygen atoms in total. The van der Waals surface area contributed by atoms with Crippen molar-refractivity contribution in [3.05, 3.63) is 65.6 Å². The molecule has 3 aromatic rings. The molecule has 1 aliphatic heterocycles. The van der Waals surface area contributed by atoms with Crippen LogP contribution >= 0.6 is 0 Å². The lowest BCUT2D eigenvalue weighted by Crippen LogP contribution is -2.35. The molecule has 1 aromatic carbocycles. The standard InChI is InChI=1S/C22H26N4O/c1-17-6-4-7-18(24-17)10-13-25-11-5-12-26(15-14-25)22(27)20-16-23-21-9-3-2-8-19(20)21/h2-4,6-9,16,23H,5,10-15H2,1H3. The Balaban J connectivity index is 1.37. The second-order valence-corrected chi connectivity index (χ2v) is 7.26. The number of H-pyrrole nitrogens is 1. The predicted octanol–water partition coefficient (Wildman–Crippen LogP) is 3.26. The number of fused-ring (bicyclic) bond motifs is 1. The van der Waals surface area contributed by atoms with E-state index < -0.39 is 0 Å². The van der Waals surface area contributed by atoms with Gasteiger partial charge in [-0.05, 0) is 38.1 Å². The fourth-order valence-corrected chi connectivity index (χ4v) is 3.83. The van der Waals surface area contributed by atoms with E-state index in [1.54, 1.807) is 0 Å². The molecule has 0 unspecified atom stereocenters. The van der Waals surface area contributed by atoms with Gasteiger partial charge in [-0.25, -0.2) is 0 Å². The van der Waals surface area contributed by atoms with Crippen LogP contribution in [0.25, 0.3) is 10.9 Å². The number of hydrogen-bond donors (Lipinski definition) is 1. The number of pyridine rings is 1. The van der Waals surface area contributed by atoms with Crippen molar-refractivity contribution in [3.63, 3.8) is 0 Å². The lowest BCUT2D eigenvalue weighted by molar-refractivity contribution is 0.0763. The molecule has 1 fully saturated rings. The van der Waals surface area contributed by atoms with Crippen molar-refractivity contribution in [2.45, 2.75) is 19.8 Å². The minimum absolute atomic E-state index is 0.134. The number of aromatic nitrogens is 2. The van der Waals surface area contributed by atoms with Gasteiger partial charge in [0.1, 0.15) is 0 Å². The van der Waals surface area contributed by atoms with Crippen LogP contribution in [0, 0.1) is 6.92 Å². The quantitative estimate of drug-likeness (QED) is 0.775. The SMILES string of the molecule is Cc1cccc(CCN2CCCN(C(=O)c3c[nH]c4ccccc34)CC2)n1. The largest absolute Gasteiger partial charge is 0.360 e. The van der Waals surface area contributed by atoms with Gasteiger partial charge in [-0.3, -0.25) is 9.78 Å². The summed E-state index contributed by atoms with van der Waals surface area (Å²) < 4.78 is 0. The Labute approximate surface area is 160 Å². The minimum Gasteiger partial charge on any atom is -0.360 e. The Kier molecular flexibility index (Phi) is 5.21. The molecule has 1 saturated heterocycles. The van der Waals surface area contributed by atoms with Crippen molar-refractivity contribution in [3.8, 4) is 0 Å². The molecule has 2 aromatic heterocycles. The third kappa shape index (κ3) is 4.03. The van der Waals surface area contributed by atoms with Crippen LogP contribution in [0.4, 0.5) is 0 Å². The summed E-state index contributed by atoms with van der Waals surface area (Å²) in [5.41, 5.74) is 4.01. The van der Waals surface area contributed by atoms with E-state index in [2.05, 4.69) is 27.0 Å². The molecule has 1 amide bonds. The second kappa shape index (κ2) is 7.92. The van der Waals surface area contributed by atoms with Crippen molar-refractivity contribution >= 4 is 16.8 Å². The van der Waals surface area contributed by atoms with E-state index >= 15 is 0 Å². The van der Waals surface area contributed by atoms with Gasteiger partial charge in [0.25, 0.3) is 5.91 Å². The molecule has 3 heterocycles. The summed E-state index contributed by atoms with van der Waals surface area (Å²) in [6, 6.07) is 14.2. The zero-order chi connectivity index (χ0) is 18.6. The number of rotatable bonds is 4. The van der Waals surface area contributed by atoms with Gasteiger partial charge in [-0.2, -0.15) is 0 Å². The van der Waals surface area contributed by atoms with Gasteiger partial charge < -0.3 is 14.8 Å². The van der Waals surface area contributed by atoms with Gasteiger partial charge in [0.15, 0.2) is 0 Å². The normalized spacial score (nSPS) is 15.8. The highest BCUT2D eigenvalue weighted by atomic mass is 16.2. The van der Waals surface area contributed by atoms with E-state index in [4.69, 9.17) is 0 Å². The van der Waals surface area contributed by atoms with Gasteiger partial charge in [0.2, 0.25) is 0 Å². The first kappa shape index (κ1) is 17.7. The summed E-state index contributed by atoms with van der Waals surface area (Å²) in [6.07, 6.45) is 3.81. The number of benzene rings is 1. The number of nitrogens with one attached hydrogen (secondary N) is 1. The summed E-state index contributed by atoms with van der Waals surface area (Å²) in [7, 11) is 0. The van der Waals surface area contributed by atoms with Crippen molar-refractivity contribution in [2.24, 2.45) is 0 Å². The van der Waals surface area contributed by atoms with Gasteiger partial charge >= 0.3 is 0 Å². The Morgan fingerprint density at radius 2 is 1.96 bits per heavy atom. The molecule has 140 valence electrons. The fourth-order valence-electron chi connectivity index (χ4n) is 3.83. The van der Waals surface area contributed by atoms with Crippen LogP contribution in [-0.2, 0) is 6.42 Å². The molecule has 4 rings (SSSR count). The lowest BCUT2D eigenvalue weighted by atomic mass is 10.1. The molecule has 5 heteroatoms. The van der Waals surface area contributed by atoms with Crippen LogP contribution in [-0.4, -0.2) is 58.4 Å². The minimum atomic E-state index is 0.134. The van der Waals surface area contributed by atoms with Gasteiger partial charge in [-0.1, -0.05) is 24.3 Å². The maximum Gasteiger partial charge on any atom is 0.256 e. The summed E-state index contributed by atoms with van der Waals surface area (Å²) in [5.74, 6) is 0.134. The molecule has 0 spiro atoms. The smallest absolute Gasteiger partial charge is 0.256 e. The van der Waals surface area contributed by atoms with Crippen LogP contribution in [0.15, 0.2) is 48.7 Å². The van der Waals surface area contributed by atoms with E-state index in [0.717, 1.165) is 73.4 Å². The van der Waals surface area contributed by atoms with Crippen LogP contribution in [0.3, 0.4) is 0 Å². The molecule has 1 N–H and O–H groups in total. The van der Waals surface area contributed by atoms with E-state index in [1.807, 2.05) is 48.4 Å². The Morgan fingerprint density at radius 3 is 2.85 bits per heavy atom. The summed E-state index contributed by atoms with van der Waals surface area (Å²) >= 11 is 0. The highest BCUT2D eigenvalue weighted by molar-refractivity contribution is 6.06. The van der Waals surface area contributed by atoms with Crippen molar-refractivity contribution in [2.75, 3.05) is 32.7 Å². The number of amides is 1. The number of carbonyl (C=O) groups is 1. The average molecular weight is 362 g/mol. The predicted molar refractivity (Wildman–Crippen MR) is 108 cm³/mol. The second-order valence-electron chi connectivity index (χ2n) is 7.26. The highest BCUT2D eigenvalue weighted by Gasteiger charge is 2.22. The number of nitrogens with zero attached hydrogens (tertiary/aromatic N) is 3. The Hall–Kier alpha value is -2.66. The molecule has 1 aliphatic rings. The number of aromatic amines is 1. The van der Waals surface area contributed by atoms with Crippen molar-refractivity contribution in [1.29, 1.82) is 0 Å². The Bertz CT molecular complexity index is 933. The molecule has 0 aliphatic carbocycles. The first-order chi connectivity index (χ1) is 13.2. The molecular formula is C22H26N4O. The number of carbonyl (C=O) groups excluding carboxylic acids is 1. The van der Waals surface area contributed by atoms with Gasteiger partial charge in [0, 0.05) is 61.1 Å². The molecular weight excluding hydrogens is 336 g/mol. The van der Waals surface area contributed by atoms with Gasteiger partial charge in [0.05, 0.1) is 5.56 Å². The fraction of sp³-hybridized carbons (Fsp3) is 0.364. The first-order valence-electron chi connectivity index (χ1n) is 9.71. The third-order valence-electron chi connectivity index (χ3n) is 5.33. The van der Waals surface area contributed by atoms with Crippen LogP contribution in [0.1, 0.15) is 28.2 Å². The van der Waals surface area contributed by atoms with Gasteiger partial charge in [-0.15, -0.1) is 0 Å². The molecule has 0 saturated carbocycles. The summed E-state index contributed by atoms with van der Waals surface area (Å²) in [5, 5.41) is 1.01. The van der Waals surface area contributed by atoms with Crippen LogP contribution < -0.4 is 0 Å². The lowest BCUT2D eigenvalue weighted by Gasteiger charge is -2.22. The number of aryl methyl sites for hydroxylation is 1. The number of hydrogen-bond acceptors (Lipinski definition) is 3. The first-order valence-corrected chi connectivity index (χ1v) is 9.71. The number of para-hydroxylation sites is 1. The molecule has 0 bridgehead atoms. The van der Waals surface area contributed by atoms with Crippen molar-refractivity contribution < 1.29 is 4.79 Å².